The van der Waals surface area contributed by atoms with Gasteiger partial charge in [-0.15, -0.1) is 6.58 Å². The average Bonchev–Trinajstić information content (AvgIpc) is 2.70. The van der Waals surface area contributed by atoms with Crippen LogP contribution in [0.3, 0.4) is 0 Å². The fourth-order valence-electron chi connectivity index (χ4n) is 0.885. The van der Waals surface area contributed by atoms with Gasteiger partial charge in [0.25, 0.3) is 0 Å². The summed E-state index contributed by atoms with van der Waals surface area (Å²) in [5, 5.41) is 2.74. The first-order valence-corrected chi connectivity index (χ1v) is 3.81. The summed E-state index contributed by atoms with van der Waals surface area (Å²) in [7, 11) is 0. The fraction of sp³-hybridized carbons (Fsp3) is 0.625. The molecule has 3 heteroatoms. The molecule has 0 aliphatic heterocycles. The first-order chi connectivity index (χ1) is 5.22. The van der Waals surface area contributed by atoms with Crippen molar-refractivity contribution in [3.63, 3.8) is 0 Å². The Morgan fingerprint density at radius 3 is 2.82 bits per heavy atom. The van der Waals surface area contributed by atoms with Crippen molar-refractivity contribution < 1.29 is 9.53 Å². The zero-order valence-electron chi connectivity index (χ0n) is 6.72. The van der Waals surface area contributed by atoms with Gasteiger partial charge < -0.3 is 10.1 Å². The molecule has 0 unspecified atom stereocenters. The lowest BCUT2D eigenvalue weighted by atomic mass is 10.3. The van der Waals surface area contributed by atoms with Crippen molar-refractivity contribution in [2.24, 2.45) is 0 Å². The van der Waals surface area contributed by atoms with Crippen LogP contribution in [-0.2, 0) is 4.74 Å². The van der Waals surface area contributed by atoms with Crippen molar-refractivity contribution >= 4 is 6.09 Å². The topological polar surface area (TPSA) is 38.3 Å². The number of amides is 1. The number of carbonyl (C=O) groups excluding carboxylic acids is 1. The van der Waals surface area contributed by atoms with E-state index in [4.69, 9.17) is 4.74 Å². The smallest absolute Gasteiger partial charge is 0.407 e. The second-order valence-corrected chi connectivity index (χ2v) is 2.71. The second-order valence-electron chi connectivity index (χ2n) is 2.71. The van der Waals surface area contributed by atoms with Gasteiger partial charge in [0.2, 0.25) is 0 Å². The van der Waals surface area contributed by atoms with Gasteiger partial charge in [-0.3, -0.25) is 0 Å². The van der Waals surface area contributed by atoms with E-state index in [1.54, 1.807) is 13.0 Å². The highest BCUT2D eigenvalue weighted by Gasteiger charge is 2.41. The third-order valence-corrected chi connectivity index (χ3v) is 1.81. The number of hydrogen-bond donors (Lipinski definition) is 1. The summed E-state index contributed by atoms with van der Waals surface area (Å²) in [5.41, 5.74) is -0.147. The van der Waals surface area contributed by atoms with Crippen LogP contribution in [0.15, 0.2) is 12.7 Å². The van der Waals surface area contributed by atoms with E-state index in [0.29, 0.717) is 6.61 Å². The molecule has 0 spiro atoms. The maximum atomic E-state index is 10.9. The van der Waals surface area contributed by atoms with E-state index in [-0.39, 0.29) is 11.6 Å². The first kappa shape index (κ1) is 8.11. The highest BCUT2D eigenvalue weighted by atomic mass is 16.5. The molecular weight excluding hydrogens is 142 g/mol. The summed E-state index contributed by atoms with van der Waals surface area (Å²) in [6.45, 7) is 5.84. The number of carbonyl (C=O) groups is 1. The van der Waals surface area contributed by atoms with E-state index in [9.17, 15) is 4.79 Å². The van der Waals surface area contributed by atoms with Gasteiger partial charge in [0.15, 0.2) is 0 Å². The standard InChI is InChI=1S/C8H13NO2/c1-3-8(5-6-8)9-7(10)11-4-2/h3H,1,4-6H2,2H3,(H,9,10). The Balaban J connectivity index is 2.30. The Morgan fingerprint density at radius 2 is 2.45 bits per heavy atom. The molecule has 0 atom stereocenters. The number of alkyl carbamates (subject to hydrolysis) is 1. The zero-order valence-corrected chi connectivity index (χ0v) is 6.72. The Morgan fingerprint density at radius 1 is 1.82 bits per heavy atom. The molecular formula is C8H13NO2. The predicted molar refractivity (Wildman–Crippen MR) is 42.3 cm³/mol. The molecule has 0 heterocycles. The second kappa shape index (κ2) is 2.95. The molecule has 62 valence electrons. The van der Waals surface area contributed by atoms with Crippen molar-refractivity contribution in [1.29, 1.82) is 0 Å². The monoisotopic (exact) mass is 155 g/mol. The van der Waals surface area contributed by atoms with Crippen LogP contribution in [0.25, 0.3) is 0 Å². The summed E-state index contributed by atoms with van der Waals surface area (Å²) in [4.78, 5) is 10.9. The molecule has 0 saturated heterocycles. The van der Waals surface area contributed by atoms with Crippen molar-refractivity contribution in [2.75, 3.05) is 6.61 Å². The van der Waals surface area contributed by atoms with Gasteiger partial charge in [-0.1, -0.05) is 6.08 Å². The minimum Gasteiger partial charge on any atom is -0.450 e. The van der Waals surface area contributed by atoms with E-state index in [1.807, 2.05) is 0 Å². The van der Waals surface area contributed by atoms with Crippen molar-refractivity contribution in [3.05, 3.63) is 12.7 Å². The van der Waals surface area contributed by atoms with Crippen molar-refractivity contribution in [3.8, 4) is 0 Å². The van der Waals surface area contributed by atoms with Crippen LogP contribution < -0.4 is 5.32 Å². The largest absolute Gasteiger partial charge is 0.450 e. The van der Waals surface area contributed by atoms with Crippen LogP contribution >= 0.6 is 0 Å². The van der Waals surface area contributed by atoms with Crippen LogP contribution in [0, 0.1) is 0 Å². The zero-order chi connectivity index (χ0) is 8.32. The molecule has 0 aromatic carbocycles. The summed E-state index contributed by atoms with van der Waals surface area (Å²) < 4.78 is 4.72. The molecule has 0 bridgehead atoms. The first-order valence-electron chi connectivity index (χ1n) is 3.81. The number of rotatable bonds is 3. The average molecular weight is 155 g/mol. The molecule has 1 fully saturated rings. The summed E-state index contributed by atoms with van der Waals surface area (Å²) in [6, 6.07) is 0. The Hall–Kier alpha value is -0.990. The minimum absolute atomic E-state index is 0.147. The normalized spacial score (nSPS) is 18.6. The van der Waals surface area contributed by atoms with Gasteiger partial charge >= 0.3 is 6.09 Å². The quantitative estimate of drug-likeness (QED) is 0.626. The van der Waals surface area contributed by atoms with Gasteiger partial charge in [-0.2, -0.15) is 0 Å². The van der Waals surface area contributed by atoms with Crippen LogP contribution in [0.1, 0.15) is 19.8 Å². The molecule has 1 rings (SSSR count). The molecule has 11 heavy (non-hydrogen) atoms. The fourth-order valence-corrected chi connectivity index (χ4v) is 0.885. The number of nitrogens with one attached hydrogen (secondary N) is 1. The Labute approximate surface area is 66.4 Å². The van der Waals surface area contributed by atoms with Gasteiger partial charge in [-0.25, -0.2) is 4.79 Å². The van der Waals surface area contributed by atoms with E-state index >= 15 is 0 Å². The van der Waals surface area contributed by atoms with Crippen molar-refractivity contribution in [2.45, 2.75) is 25.3 Å². The third kappa shape index (κ3) is 1.97. The maximum absolute atomic E-state index is 10.9. The minimum atomic E-state index is -0.343. The van der Waals surface area contributed by atoms with E-state index in [0.717, 1.165) is 12.8 Å². The maximum Gasteiger partial charge on any atom is 0.407 e. The van der Waals surface area contributed by atoms with Crippen LogP contribution in [-0.4, -0.2) is 18.2 Å². The molecule has 1 aliphatic carbocycles. The lowest BCUT2D eigenvalue weighted by Gasteiger charge is -2.11. The number of hydrogen-bond acceptors (Lipinski definition) is 2. The SMILES string of the molecule is C=CC1(NC(=O)OCC)CC1. The van der Waals surface area contributed by atoms with E-state index in [2.05, 4.69) is 11.9 Å². The van der Waals surface area contributed by atoms with Gasteiger partial charge in [-0.05, 0) is 19.8 Å². The van der Waals surface area contributed by atoms with Crippen LogP contribution in [0.4, 0.5) is 4.79 Å². The molecule has 0 aromatic heterocycles. The molecule has 0 aromatic rings. The molecule has 1 amide bonds. The van der Waals surface area contributed by atoms with Crippen LogP contribution in [0.5, 0.6) is 0 Å². The molecule has 0 radical (unpaired) electrons. The summed E-state index contributed by atoms with van der Waals surface area (Å²) in [5.74, 6) is 0. The lowest BCUT2D eigenvalue weighted by Crippen LogP contribution is -2.35. The Bertz CT molecular complexity index is 173. The van der Waals surface area contributed by atoms with Crippen LogP contribution in [0.2, 0.25) is 0 Å². The molecule has 1 saturated carbocycles. The number of ether oxygens (including phenoxy) is 1. The highest BCUT2D eigenvalue weighted by Crippen LogP contribution is 2.36. The van der Waals surface area contributed by atoms with E-state index < -0.39 is 0 Å². The summed E-state index contributed by atoms with van der Waals surface area (Å²) in [6.07, 6.45) is 3.39. The van der Waals surface area contributed by atoms with E-state index in [1.165, 1.54) is 0 Å². The summed E-state index contributed by atoms with van der Waals surface area (Å²) >= 11 is 0. The third-order valence-electron chi connectivity index (χ3n) is 1.81. The lowest BCUT2D eigenvalue weighted by molar-refractivity contribution is 0.149. The molecule has 1 aliphatic rings. The predicted octanol–water partition coefficient (Wildman–Crippen LogP) is 1.45. The van der Waals surface area contributed by atoms with Crippen molar-refractivity contribution in [1.82, 2.24) is 5.32 Å². The molecule has 3 nitrogen and oxygen atoms in total. The van der Waals surface area contributed by atoms with Gasteiger partial charge in [0, 0.05) is 0 Å². The van der Waals surface area contributed by atoms with Gasteiger partial charge in [0.05, 0.1) is 12.1 Å². The Kier molecular flexibility index (Phi) is 2.17. The van der Waals surface area contributed by atoms with Gasteiger partial charge in [0.1, 0.15) is 0 Å². The molecule has 1 N–H and O–H groups in total. The highest BCUT2D eigenvalue weighted by molar-refractivity contribution is 5.69.